The molecule has 0 fully saturated rings. The van der Waals surface area contributed by atoms with Crippen LogP contribution >= 0.6 is 11.6 Å². The second kappa shape index (κ2) is 5.49. The van der Waals surface area contributed by atoms with Gasteiger partial charge in [0.05, 0.1) is 22.8 Å². The minimum atomic E-state index is -1.09. The van der Waals surface area contributed by atoms with E-state index in [4.69, 9.17) is 22.4 Å². The number of hydrogen-bond acceptors (Lipinski definition) is 4. The summed E-state index contributed by atoms with van der Waals surface area (Å²) in [6.45, 7) is 0. The van der Waals surface area contributed by atoms with Crippen LogP contribution < -0.4 is 5.73 Å². The number of alkyl halides is 1. The summed E-state index contributed by atoms with van der Waals surface area (Å²) in [4.78, 5) is 15.1. The normalized spacial score (nSPS) is 11.5. The molecule has 0 bridgehead atoms. The van der Waals surface area contributed by atoms with E-state index in [1.54, 1.807) is 16.7 Å². The maximum atomic E-state index is 11.1. The molecule has 0 radical (unpaired) electrons. The highest BCUT2D eigenvalue weighted by atomic mass is 35.5. The van der Waals surface area contributed by atoms with E-state index in [1.807, 2.05) is 0 Å². The maximum absolute atomic E-state index is 11.1. The smallest absolute Gasteiger partial charge is 0.337 e. The molecule has 0 amide bonds. The van der Waals surface area contributed by atoms with Crippen molar-refractivity contribution in [3.05, 3.63) is 36.4 Å². The summed E-state index contributed by atoms with van der Waals surface area (Å²) in [7, 11) is 0. The molecule has 1 aromatic heterocycles. The van der Waals surface area contributed by atoms with Crippen LogP contribution in [0.1, 0.15) is 10.4 Å². The fourth-order valence-electron chi connectivity index (χ4n) is 1.47. The lowest BCUT2D eigenvalue weighted by atomic mass is 10.1. The van der Waals surface area contributed by atoms with E-state index in [2.05, 4.69) is 15.2 Å². The molecule has 2 rings (SSSR count). The van der Waals surface area contributed by atoms with Gasteiger partial charge in [0, 0.05) is 0 Å². The van der Waals surface area contributed by atoms with Gasteiger partial charge in [-0.3, -0.25) is 4.57 Å². The monoisotopic (exact) mass is 279 g/mol. The zero-order valence-electron chi connectivity index (χ0n) is 9.69. The number of carboxylic acid groups (broad SMARTS) is 1. The predicted octanol–water partition coefficient (Wildman–Crippen LogP) is 1.19. The summed E-state index contributed by atoms with van der Waals surface area (Å²) in [5.74, 6) is -0.919. The van der Waals surface area contributed by atoms with E-state index in [1.165, 1.54) is 18.7 Å². The minimum absolute atomic E-state index is 0.0237. The SMILES string of the molecule is NC(CCl)=Nc1cc(-n2cnnc2)ccc1C(=O)O. The van der Waals surface area contributed by atoms with Crippen LogP contribution in [-0.4, -0.2) is 37.6 Å². The summed E-state index contributed by atoms with van der Waals surface area (Å²) >= 11 is 5.54. The Labute approximate surface area is 113 Å². The van der Waals surface area contributed by atoms with Gasteiger partial charge in [0.2, 0.25) is 0 Å². The quantitative estimate of drug-likeness (QED) is 0.497. The van der Waals surface area contributed by atoms with Crippen molar-refractivity contribution in [2.24, 2.45) is 10.7 Å². The van der Waals surface area contributed by atoms with Gasteiger partial charge >= 0.3 is 5.97 Å². The molecule has 0 aliphatic heterocycles. The molecule has 0 saturated carbocycles. The van der Waals surface area contributed by atoms with Gasteiger partial charge in [-0.25, -0.2) is 9.79 Å². The van der Waals surface area contributed by atoms with Crippen LogP contribution in [0, 0.1) is 0 Å². The fourth-order valence-corrected chi connectivity index (χ4v) is 1.53. The number of aliphatic imine (C=N–C) groups is 1. The van der Waals surface area contributed by atoms with E-state index in [0.29, 0.717) is 5.69 Å². The van der Waals surface area contributed by atoms with Gasteiger partial charge < -0.3 is 10.8 Å². The Kier molecular flexibility index (Phi) is 3.76. The third-order valence-electron chi connectivity index (χ3n) is 2.33. The molecule has 0 aliphatic rings. The molecule has 7 nitrogen and oxygen atoms in total. The Bertz CT molecular complexity index is 624. The van der Waals surface area contributed by atoms with Gasteiger partial charge in [0.15, 0.2) is 0 Å². The summed E-state index contributed by atoms with van der Waals surface area (Å²) in [6, 6.07) is 4.65. The van der Waals surface area contributed by atoms with Crippen molar-refractivity contribution < 1.29 is 9.90 Å². The average molecular weight is 280 g/mol. The van der Waals surface area contributed by atoms with Gasteiger partial charge in [-0.2, -0.15) is 0 Å². The maximum Gasteiger partial charge on any atom is 0.337 e. The third kappa shape index (κ3) is 2.89. The Morgan fingerprint density at radius 1 is 1.42 bits per heavy atom. The first-order valence-corrected chi connectivity index (χ1v) is 5.76. The highest BCUT2D eigenvalue weighted by Gasteiger charge is 2.11. The topological polar surface area (TPSA) is 106 Å². The third-order valence-corrected chi connectivity index (χ3v) is 2.60. The first-order valence-electron chi connectivity index (χ1n) is 5.23. The van der Waals surface area contributed by atoms with Crippen molar-refractivity contribution in [1.82, 2.24) is 14.8 Å². The summed E-state index contributed by atoms with van der Waals surface area (Å²) in [5.41, 5.74) is 6.49. The number of nitrogens with zero attached hydrogens (tertiary/aromatic N) is 4. The number of carbonyl (C=O) groups is 1. The molecular weight excluding hydrogens is 270 g/mol. The van der Waals surface area contributed by atoms with Crippen LogP contribution in [-0.2, 0) is 0 Å². The van der Waals surface area contributed by atoms with Gasteiger partial charge in [0.1, 0.15) is 18.5 Å². The first kappa shape index (κ1) is 13.0. The summed E-state index contributed by atoms with van der Waals surface area (Å²) < 4.78 is 1.63. The molecule has 0 atom stereocenters. The molecule has 98 valence electrons. The fraction of sp³-hybridized carbons (Fsp3) is 0.0909. The van der Waals surface area contributed by atoms with Crippen molar-refractivity contribution in [2.45, 2.75) is 0 Å². The molecule has 0 spiro atoms. The van der Waals surface area contributed by atoms with Crippen molar-refractivity contribution in [1.29, 1.82) is 0 Å². The van der Waals surface area contributed by atoms with E-state index < -0.39 is 5.97 Å². The van der Waals surface area contributed by atoms with E-state index in [0.717, 1.165) is 0 Å². The lowest BCUT2D eigenvalue weighted by Crippen LogP contribution is -2.13. The van der Waals surface area contributed by atoms with E-state index in [-0.39, 0.29) is 23.0 Å². The number of benzene rings is 1. The standard InChI is InChI=1S/C11H10ClN5O2/c12-4-10(13)16-9-3-7(17-5-14-15-6-17)1-2-8(9)11(18)19/h1-3,5-6H,4H2,(H2,13,16)(H,18,19). The number of amidine groups is 1. The van der Waals surface area contributed by atoms with Gasteiger partial charge in [-0.1, -0.05) is 0 Å². The minimum Gasteiger partial charge on any atom is -0.478 e. The molecule has 3 N–H and O–H groups in total. The van der Waals surface area contributed by atoms with E-state index >= 15 is 0 Å². The molecule has 8 heteroatoms. The molecule has 0 aliphatic carbocycles. The van der Waals surface area contributed by atoms with E-state index in [9.17, 15) is 4.79 Å². The lowest BCUT2D eigenvalue weighted by Gasteiger charge is -2.06. The van der Waals surface area contributed by atoms with Crippen LogP contribution in [0.5, 0.6) is 0 Å². The zero-order chi connectivity index (χ0) is 13.8. The van der Waals surface area contributed by atoms with Gasteiger partial charge in [-0.05, 0) is 18.2 Å². The highest BCUT2D eigenvalue weighted by molar-refractivity contribution is 6.28. The van der Waals surface area contributed by atoms with Gasteiger partial charge in [0.25, 0.3) is 0 Å². The molecule has 1 aromatic carbocycles. The molecule has 1 heterocycles. The largest absolute Gasteiger partial charge is 0.478 e. The Morgan fingerprint density at radius 3 is 2.68 bits per heavy atom. The molecular formula is C11H10ClN5O2. The highest BCUT2D eigenvalue weighted by Crippen LogP contribution is 2.23. The number of aromatic nitrogens is 3. The number of carboxylic acids is 1. The van der Waals surface area contributed by atoms with Crippen molar-refractivity contribution in [3.63, 3.8) is 0 Å². The zero-order valence-corrected chi connectivity index (χ0v) is 10.4. The summed E-state index contributed by atoms with van der Waals surface area (Å²) in [5, 5.41) is 16.5. The second-order valence-electron chi connectivity index (χ2n) is 3.61. The lowest BCUT2D eigenvalue weighted by molar-refractivity contribution is 0.0698. The van der Waals surface area contributed by atoms with Crippen molar-refractivity contribution in [3.8, 4) is 5.69 Å². The molecule has 0 saturated heterocycles. The Balaban J connectivity index is 2.53. The molecule has 0 unspecified atom stereocenters. The van der Waals surface area contributed by atoms with Gasteiger partial charge in [-0.15, -0.1) is 21.8 Å². The number of halogens is 1. The number of rotatable bonds is 4. The number of nitrogens with two attached hydrogens (primary N) is 1. The Morgan fingerprint density at radius 2 is 2.11 bits per heavy atom. The average Bonchev–Trinajstić information content (AvgIpc) is 2.92. The second-order valence-corrected chi connectivity index (χ2v) is 3.88. The van der Waals surface area contributed by atoms with Crippen molar-refractivity contribution in [2.75, 3.05) is 5.88 Å². The van der Waals surface area contributed by atoms with Crippen LogP contribution in [0.25, 0.3) is 5.69 Å². The number of hydrogen-bond donors (Lipinski definition) is 2. The van der Waals surface area contributed by atoms with Crippen LogP contribution in [0.3, 0.4) is 0 Å². The molecule has 19 heavy (non-hydrogen) atoms. The first-order chi connectivity index (χ1) is 9.11. The van der Waals surface area contributed by atoms with Crippen LogP contribution in [0.15, 0.2) is 35.8 Å². The number of aromatic carboxylic acids is 1. The Hall–Kier alpha value is -2.41. The predicted molar refractivity (Wildman–Crippen MR) is 70.3 cm³/mol. The van der Waals surface area contributed by atoms with Crippen LogP contribution in [0.4, 0.5) is 5.69 Å². The summed E-state index contributed by atoms with van der Waals surface area (Å²) in [6.07, 6.45) is 2.99. The molecule has 2 aromatic rings. The van der Waals surface area contributed by atoms with Crippen LogP contribution in [0.2, 0.25) is 0 Å². The van der Waals surface area contributed by atoms with Crippen molar-refractivity contribution >= 4 is 29.1 Å².